The number of hydrogen-bond donors (Lipinski definition) is 1. The van der Waals surface area contributed by atoms with Crippen LogP contribution in [-0.4, -0.2) is 19.6 Å². The predicted octanol–water partition coefficient (Wildman–Crippen LogP) is 0.0574. The molecule has 40 valence electrons. The van der Waals surface area contributed by atoms with Gasteiger partial charge in [-0.1, -0.05) is 0 Å². The summed E-state index contributed by atoms with van der Waals surface area (Å²) in [6.45, 7) is 0. The Kier molecular flexibility index (Phi) is 0.498. The smallest absolute Gasteiger partial charge is 0.229 e. The molecule has 0 atom stereocenters. The normalized spacial score (nSPS) is 10.5. The second kappa shape index (κ2) is 1.09. The summed E-state index contributed by atoms with van der Waals surface area (Å²) < 4.78 is 1.67. The van der Waals surface area contributed by atoms with Crippen molar-refractivity contribution in [2.24, 2.45) is 0 Å². The SMILES string of the molecule is c1nc2[nH]ccn2n1. The molecule has 0 saturated heterocycles. The van der Waals surface area contributed by atoms with Crippen LogP contribution in [0.5, 0.6) is 0 Å². The number of nitrogens with one attached hydrogen (secondary N) is 1. The Morgan fingerprint density at radius 1 is 1.62 bits per heavy atom. The van der Waals surface area contributed by atoms with Gasteiger partial charge in [-0.15, -0.1) is 0 Å². The van der Waals surface area contributed by atoms with E-state index < -0.39 is 0 Å². The second-order valence-corrected chi connectivity index (χ2v) is 1.49. The molecule has 0 bridgehead atoms. The van der Waals surface area contributed by atoms with E-state index in [4.69, 9.17) is 0 Å². The molecule has 0 unspecified atom stereocenters. The second-order valence-electron chi connectivity index (χ2n) is 1.49. The average Bonchev–Trinajstić information content (AvgIpc) is 2.15. The van der Waals surface area contributed by atoms with Gasteiger partial charge in [-0.2, -0.15) is 10.1 Å². The Morgan fingerprint density at radius 2 is 2.62 bits per heavy atom. The first-order chi connectivity index (χ1) is 3.97. The molecule has 0 spiro atoms. The van der Waals surface area contributed by atoms with Gasteiger partial charge in [0.1, 0.15) is 6.33 Å². The van der Waals surface area contributed by atoms with Crippen molar-refractivity contribution in [3.05, 3.63) is 18.7 Å². The highest BCUT2D eigenvalue weighted by Gasteiger charge is 1.88. The fourth-order valence-corrected chi connectivity index (χ4v) is 0.645. The van der Waals surface area contributed by atoms with Crippen LogP contribution < -0.4 is 0 Å². The molecule has 0 aliphatic rings. The summed E-state index contributed by atoms with van der Waals surface area (Å²) in [7, 11) is 0. The summed E-state index contributed by atoms with van der Waals surface area (Å²) in [5.74, 6) is 0.782. The molecule has 0 aliphatic heterocycles. The zero-order chi connectivity index (χ0) is 5.40. The minimum atomic E-state index is 0.782. The lowest BCUT2D eigenvalue weighted by Crippen LogP contribution is -1.75. The summed E-state index contributed by atoms with van der Waals surface area (Å²) in [5.41, 5.74) is 0. The Labute approximate surface area is 45.2 Å². The molecule has 0 aromatic carbocycles. The van der Waals surface area contributed by atoms with Gasteiger partial charge in [0.05, 0.1) is 0 Å². The molecule has 0 aliphatic carbocycles. The fourth-order valence-electron chi connectivity index (χ4n) is 0.645. The Bertz CT molecular complexity index is 229. The van der Waals surface area contributed by atoms with E-state index in [0.29, 0.717) is 0 Å². The molecule has 0 radical (unpaired) electrons. The van der Waals surface area contributed by atoms with E-state index in [1.165, 1.54) is 6.33 Å². The maximum absolute atomic E-state index is 3.88. The van der Waals surface area contributed by atoms with Gasteiger partial charge in [0.15, 0.2) is 0 Å². The van der Waals surface area contributed by atoms with Crippen LogP contribution in [0.25, 0.3) is 5.78 Å². The first kappa shape index (κ1) is 3.65. The van der Waals surface area contributed by atoms with Crippen molar-refractivity contribution >= 4 is 5.78 Å². The van der Waals surface area contributed by atoms with E-state index in [9.17, 15) is 0 Å². The van der Waals surface area contributed by atoms with Crippen molar-refractivity contribution in [1.29, 1.82) is 0 Å². The van der Waals surface area contributed by atoms with Crippen LogP contribution in [-0.2, 0) is 0 Å². The highest BCUT2D eigenvalue weighted by atomic mass is 15.3. The van der Waals surface area contributed by atoms with E-state index in [1.54, 1.807) is 10.7 Å². The highest BCUT2D eigenvalue weighted by Crippen LogP contribution is 1.88. The minimum absolute atomic E-state index is 0.782. The Hall–Kier alpha value is -1.32. The molecular formula is C4H4N4. The lowest BCUT2D eigenvalue weighted by atomic mass is 11.0. The van der Waals surface area contributed by atoms with Crippen LogP contribution in [0.1, 0.15) is 0 Å². The van der Waals surface area contributed by atoms with Crippen LogP contribution in [0.2, 0.25) is 0 Å². The number of fused-ring (bicyclic) bond motifs is 1. The lowest BCUT2D eigenvalue weighted by Gasteiger charge is -1.70. The highest BCUT2D eigenvalue weighted by molar-refractivity contribution is 5.22. The van der Waals surface area contributed by atoms with Crippen molar-refractivity contribution in [3.8, 4) is 0 Å². The Balaban J connectivity index is 3.06. The predicted molar refractivity (Wildman–Crippen MR) is 27.3 cm³/mol. The number of aromatic nitrogens is 4. The van der Waals surface area contributed by atoms with E-state index in [2.05, 4.69) is 15.1 Å². The van der Waals surface area contributed by atoms with Crippen LogP contribution in [0.4, 0.5) is 0 Å². The largest absolute Gasteiger partial charge is 0.329 e. The molecule has 2 aromatic rings. The maximum atomic E-state index is 3.88. The molecule has 2 rings (SSSR count). The molecule has 2 heterocycles. The molecule has 4 nitrogen and oxygen atoms in total. The standard InChI is InChI=1S/C4H4N4/c1-2-8-4(5-1)6-3-7-8/h1-3H,(H,5,6,7). The monoisotopic (exact) mass is 108 g/mol. The van der Waals surface area contributed by atoms with Gasteiger partial charge < -0.3 is 4.98 Å². The van der Waals surface area contributed by atoms with E-state index in [0.717, 1.165) is 5.78 Å². The van der Waals surface area contributed by atoms with Gasteiger partial charge in [-0.05, 0) is 0 Å². The van der Waals surface area contributed by atoms with Gasteiger partial charge in [-0.25, -0.2) is 4.52 Å². The van der Waals surface area contributed by atoms with Crippen molar-refractivity contribution < 1.29 is 0 Å². The summed E-state index contributed by atoms with van der Waals surface area (Å²) in [5, 5.41) is 3.85. The fraction of sp³-hybridized carbons (Fsp3) is 0. The maximum Gasteiger partial charge on any atom is 0.229 e. The number of nitrogens with zero attached hydrogens (tertiary/aromatic N) is 3. The molecule has 0 amide bonds. The van der Waals surface area contributed by atoms with E-state index in [-0.39, 0.29) is 0 Å². The molecule has 8 heavy (non-hydrogen) atoms. The van der Waals surface area contributed by atoms with Crippen LogP contribution in [0.15, 0.2) is 18.7 Å². The van der Waals surface area contributed by atoms with Crippen molar-refractivity contribution in [1.82, 2.24) is 19.6 Å². The quantitative estimate of drug-likeness (QED) is 0.518. The van der Waals surface area contributed by atoms with Crippen LogP contribution >= 0.6 is 0 Å². The molecule has 2 aromatic heterocycles. The number of hydrogen-bond acceptors (Lipinski definition) is 2. The topological polar surface area (TPSA) is 46.0 Å². The molecule has 0 saturated carbocycles. The van der Waals surface area contributed by atoms with E-state index in [1.807, 2.05) is 6.20 Å². The number of imidazole rings is 1. The van der Waals surface area contributed by atoms with Gasteiger partial charge in [0.2, 0.25) is 5.78 Å². The van der Waals surface area contributed by atoms with Crippen molar-refractivity contribution in [3.63, 3.8) is 0 Å². The average molecular weight is 108 g/mol. The zero-order valence-corrected chi connectivity index (χ0v) is 4.07. The third-order valence-corrected chi connectivity index (χ3v) is 1.00. The van der Waals surface area contributed by atoms with Crippen LogP contribution in [0.3, 0.4) is 0 Å². The van der Waals surface area contributed by atoms with Gasteiger partial charge in [0, 0.05) is 12.4 Å². The number of rotatable bonds is 0. The third kappa shape index (κ3) is 0.294. The molecule has 4 heteroatoms. The summed E-state index contributed by atoms with van der Waals surface area (Å²) >= 11 is 0. The van der Waals surface area contributed by atoms with Crippen molar-refractivity contribution in [2.75, 3.05) is 0 Å². The summed E-state index contributed by atoms with van der Waals surface area (Å²) in [4.78, 5) is 6.76. The Morgan fingerprint density at radius 3 is 3.50 bits per heavy atom. The molecular weight excluding hydrogens is 104 g/mol. The molecule has 1 N–H and O–H groups in total. The number of H-pyrrole nitrogens is 1. The third-order valence-electron chi connectivity index (χ3n) is 1.00. The summed E-state index contributed by atoms with van der Waals surface area (Å²) in [6, 6.07) is 0. The van der Waals surface area contributed by atoms with Gasteiger partial charge in [0.25, 0.3) is 0 Å². The number of aromatic amines is 1. The lowest BCUT2D eigenvalue weighted by molar-refractivity contribution is 0.973. The van der Waals surface area contributed by atoms with Gasteiger partial charge >= 0.3 is 0 Å². The van der Waals surface area contributed by atoms with Crippen LogP contribution in [0, 0.1) is 0 Å². The zero-order valence-electron chi connectivity index (χ0n) is 4.07. The van der Waals surface area contributed by atoms with Crippen molar-refractivity contribution in [2.45, 2.75) is 0 Å². The summed E-state index contributed by atoms with van der Waals surface area (Å²) in [6.07, 6.45) is 5.10. The first-order valence-corrected chi connectivity index (χ1v) is 2.29. The molecule has 0 fully saturated rings. The van der Waals surface area contributed by atoms with Gasteiger partial charge in [-0.3, -0.25) is 0 Å². The first-order valence-electron chi connectivity index (χ1n) is 2.29. The van der Waals surface area contributed by atoms with E-state index >= 15 is 0 Å². The minimum Gasteiger partial charge on any atom is -0.329 e.